The summed E-state index contributed by atoms with van der Waals surface area (Å²) in [6, 6.07) is 16.5. The second-order valence-electron chi connectivity index (χ2n) is 8.68. The van der Waals surface area contributed by atoms with Crippen molar-refractivity contribution in [3.63, 3.8) is 0 Å². The molecule has 144 valence electrons. The molecule has 0 N–H and O–H groups in total. The summed E-state index contributed by atoms with van der Waals surface area (Å²) in [5.74, 6) is 1.30. The van der Waals surface area contributed by atoms with Crippen LogP contribution in [0.25, 0.3) is 11.0 Å². The minimum atomic E-state index is 0.703. The van der Waals surface area contributed by atoms with E-state index in [2.05, 4.69) is 56.8 Å². The molecule has 0 radical (unpaired) electrons. The number of nitrogens with zero attached hydrogens (tertiary/aromatic N) is 4. The highest BCUT2D eigenvalue weighted by molar-refractivity contribution is 5.80. The molecule has 28 heavy (non-hydrogen) atoms. The Balaban J connectivity index is 1.33. The van der Waals surface area contributed by atoms with E-state index in [9.17, 15) is 0 Å². The molecule has 4 heteroatoms. The quantitative estimate of drug-likeness (QED) is 0.645. The van der Waals surface area contributed by atoms with Gasteiger partial charge in [0.25, 0.3) is 0 Å². The Morgan fingerprint density at radius 2 is 1.79 bits per heavy atom. The first kappa shape index (κ1) is 16.6. The van der Waals surface area contributed by atoms with Gasteiger partial charge in [0.15, 0.2) is 0 Å². The molecule has 1 unspecified atom stereocenters. The molecule has 3 aliphatic heterocycles. The average molecular weight is 373 g/mol. The van der Waals surface area contributed by atoms with Crippen LogP contribution < -0.4 is 4.90 Å². The van der Waals surface area contributed by atoms with Crippen LogP contribution in [0.1, 0.15) is 36.2 Å². The summed E-state index contributed by atoms with van der Waals surface area (Å²) in [5.41, 5.74) is 6.79. The molecule has 2 aromatic carbocycles. The van der Waals surface area contributed by atoms with Crippen molar-refractivity contribution in [2.75, 3.05) is 24.5 Å². The van der Waals surface area contributed by atoms with Crippen LogP contribution in [0, 0.1) is 0 Å². The number of benzene rings is 2. The first-order valence-electron chi connectivity index (χ1n) is 10.9. The van der Waals surface area contributed by atoms with Crippen molar-refractivity contribution in [1.82, 2.24) is 14.5 Å². The maximum atomic E-state index is 5.12. The van der Waals surface area contributed by atoms with Crippen molar-refractivity contribution in [1.29, 1.82) is 0 Å². The topological polar surface area (TPSA) is 24.3 Å². The third kappa shape index (κ3) is 2.74. The van der Waals surface area contributed by atoms with E-state index < -0.39 is 0 Å². The lowest BCUT2D eigenvalue weighted by atomic mass is 9.99. The molecule has 6 rings (SSSR count). The molecule has 0 aliphatic carbocycles. The van der Waals surface area contributed by atoms with Gasteiger partial charge in [-0.25, -0.2) is 4.98 Å². The summed E-state index contributed by atoms with van der Waals surface area (Å²) in [6.45, 7) is 5.73. The fourth-order valence-corrected chi connectivity index (χ4v) is 5.55. The van der Waals surface area contributed by atoms with E-state index in [1.807, 2.05) is 0 Å². The van der Waals surface area contributed by atoms with Crippen LogP contribution in [0.4, 0.5) is 5.69 Å². The zero-order chi connectivity index (χ0) is 18.5. The van der Waals surface area contributed by atoms with E-state index in [1.165, 1.54) is 66.0 Å². The van der Waals surface area contributed by atoms with Gasteiger partial charge in [0, 0.05) is 44.3 Å². The molecule has 1 saturated heterocycles. The maximum Gasteiger partial charge on any atom is 0.111 e. The Bertz CT molecular complexity index is 1020. The minimum absolute atomic E-state index is 0.703. The van der Waals surface area contributed by atoms with Crippen molar-refractivity contribution < 1.29 is 0 Å². The Kier molecular flexibility index (Phi) is 3.93. The number of aryl methyl sites for hydroxylation is 1. The number of fused-ring (bicyclic) bond motifs is 5. The third-order valence-electron chi connectivity index (χ3n) is 7.05. The highest BCUT2D eigenvalue weighted by Gasteiger charge is 2.28. The number of imidazole rings is 1. The number of rotatable bonds is 1. The maximum absolute atomic E-state index is 5.12. The molecule has 0 bridgehead atoms. The van der Waals surface area contributed by atoms with E-state index in [-0.39, 0.29) is 0 Å². The summed E-state index contributed by atoms with van der Waals surface area (Å²) in [7, 11) is 0. The van der Waals surface area contributed by atoms with Gasteiger partial charge in [-0.3, -0.25) is 4.90 Å². The second kappa shape index (κ2) is 6.63. The molecule has 0 amide bonds. The Morgan fingerprint density at radius 3 is 2.75 bits per heavy atom. The Morgan fingerprint density at radius 1 is 0.893 bits per heavy atom. The minimum Gasteiger partial charge on any atom is -0.367 e. The van der Waals surface area contributed by atoms with Crippen LogP contribution in [0.15, 0.2) is 42.5 Å². The fourth-order valence-electron chi connectivity index (χ4n) is 5.55. The monoisotopic (exact) mass is 372 g/mol. The number of aromatic nitrogens is 2. The van der Waals surface area contributed by atoms with Crippen LogP contribution in [0.5, 0.6) is 0 Å². The molecular weight excluding hydrogens is 344 g/mol. The Hall–Kier alpha value is -2.33. The predicted octanol–water partition coefficient (Wildman–Crippen LogP) is 4.01. The molecule has 3 aromatic rings. The lowest BCUT2D eigenvalue weighted by Gasteiger charge is -2.30. The van der Waals surface area contributed by atoms with Crippen molar-refractivity contribution in [2.24, 2.45) is 0 Å². The van der Waals surface area contributed by atoms with Gasteiger partial charge in [-0.2, -0.15) is 0 Å². The fraction of sp³-hybridized carbons (Fsp3) is 0.458. The van der Waals surface area contributed by atoms with Crippen molar-refractivity contribution in [3.05, 3.63) is 59.4 Å². The van der Waals surface area contributed by atoms with E-state index >= 15 is 0 Å². The summed E-state index contributed by atoms with van der Waals surface area (Å²) in [5, 5.41) is 0. The largest absolute Gasteiger partial charge is 0.367 e. The van der Waals surface area contributed by atoms with E-state index in [0.717, 1.165) is 32.5 Å². The number of anilines is 1. The lowest BCUT2D eigenvalue weighted by molar-refractivity contribution is 0.231. The van der Waals surface area contributed by atoms with Gasteiger partial charge in [0.1, 0.15) is 5.82 Å². The molecule has 1 atom stereocenters. The number of hydrogen-bond donors (Lipinski definition) is 0. The Labute approximate surface area is 166 Å². The van der Waals surface area contributed by atoms with Crippen molar-refractivity contribution in [2.45, 2.75) is 51.2 Å². The number of hydrogen-bond acceptors (Lipinski definition) is 3. The summed E-state index contributed by atoms with van der Waals surface area (Å²) < 4.78 is 2.50. The SMILES string of the molecule is c1ccc2c(c1)CCN(c1ccc3c(c1)nc1n3CCCN3CCCC3C1)C2. The highest BCUT2D eigenvalue weighted by Crippen LogP contribution is 2.30. The summed E-state index contributed by atoms with van der Waals surface area (Å²) in [6.07, 6.45) is 6.17. The zero-order valence-electron chi connectivity index (χ0n) is 16.5. The first-order valence-corrected chi connectivity index (χ1v) is 10.9. The predicted molar refractivity (Wildman–Crippen MR) is 114 cm³/mol. The van der Waals surface area contributed by atoms with Gasteiger partial charge >= 0.3 is 0 Å². The standard InChI is InChI=1S/C24H28N4/c1-2-6-19-17-27(14-10-18(19)5-1)21-8-9-23-22(15-21)25-24-16-20-7-3-11-26(20)12-4-13-28(23)24/h1-2,5-6,8-9,15,20H,3-4,7,10-14,16-17H2. The molecule has 1 fully saturated rings. The van der Waals surface area contributed by atoms with Gasteiger partial charge in [-0.15, -0.1) is 0 Å². The van der Waals surface area contributed by atoms with Gasteiger partial charge in [0.05, 0.1) is 11.0 Å². The zero-order valence-corrected chi connectivity index (χ0v) is 16.5. The van der Waals surface area contributed by atoms with Crippen molar-refractivity contribution >= 4 is 16.7 Å². The normalized spacial score (nSPS) is 22.4. The molecule has 1 aromatic heterocycles. The summed E-state index contributed by atoms with van der Waals surface area (Å²) in [4.78, 5) is 10.3. The smallest absolute Gasteiger partial charge is 0.111 e. The van der Waals surface area contributed by atoms with Crippen LogP contribution in [-0.4, -0.2) is 40.1 Å². The van der Waals surface area contributed by atoms with Gasteiger partial charge in [-0.1, -0.05) is 24.3 Å². The molecule has 0 spiro atoms. The third-order valence-corrected chi connectivity index (χ3v) is 7.05. The molecule has 4 nitrogen and oxygen atoms in total. The van der Waals surface area contributed by atoms with E-state index in [0.29, 0.717) is 6.04 Å². The molecule has 4 heterocycles. The average Bonchev–Trinajstić information content (AvgIpc) is 3.29. The lowest BCUT2D eigenvalue weighted by Crippen LogP contribution is -2.35. The highest BCUT2D eigenvalue weighted by atomic mass is 15.2. The van der Waals surface area contributed by atoms with E-state index in [4.69, 9.17) is 4.98 Å². The van der Waals surface area contributed by atoms with Crippen LogP contribution in [-0.2, 0) is 25.9 Å². The van der Waals surface area contributed by atoms with Crippen LogP contribution in [0.3, 0.4) is 0 Å². The molecule has 0 saturated carbocycles. The summed E-state index contributed by atoms with van der Waals surface area (Å²) >= 11 is 0. The van der Waals surface area contributed by atoms with Crippen LogP contribution in [0.2, 0.25) is 0 Å². The molecule has 3 aliphatic rings. The van der Waals surface area contributed by atoms with Crippen molar-refractivity contribution in [3.8, 4) is 0 Å². The van der Waals surface area contributed by atoms with Gasteiger partial charge in [0.2, 0.25) is 0 Å². The van der Waals surface area contributed by atoms with Crippen LogP contribution >= 0.6 is 0 Å². The van der Waals surface area contributed by atoms with Gasteiger partial charge < -0.3 is 9.47 Å². The molecular formula is C24H28N4. The van der Waals surface area contributed by atoms with Gasteiger partial charge in [-0.05, 0) is 61.6 Å². The van der Waals surface area contributed by atoms with E-state index in [1.54, 1.807) is 0 Å². The first-order chi connectivity index (χ1) is 13.8. The second-order valence-corrected chi connectivity index (χ2v) is 8.68.